The summed E-state index contributed by atoms with van der Waals surface area (Å²) in [4.78, 5) is 0. The number of benzene rings is 2. The van der Waals surface area contributed by atoms with Crippen LogP contribution in [-0.2, 0) is 0 Å². The molecule has 3 heteroatoms. The van der Waals surface area contributed by atoms with Gasteiger partial charge in [0.1, 0.15) is 0 Å². The summed E-state index contributed by atoms with van der Waals surface area (Å²) >= 11 is 11.9. The zero-order valence-corrected chi connectivity index (χ0v) is 11.7. The molecule has 1 nitrogen and oxygen atoms in total. The minimum Gasteiger partial charge on any atom is -0.378 e. The maximum Gasteiger partial charge on any atom is 0.0612 e. The van der Waals surface area contributed by atoms with Crippen LogP contribution in [0.2, 0.25) is 10.0 Å². The summed E-state index contributed by atoms with van der Waals surface area (Å²) in [6, 6.07) is 16.3. The summed E-state index contributed by atoms with van der Waals surface area (Å²) in [5, 5.41) is 4.62. The van der Waals surface area contributed by atoms with E-state index >= 15 is 0 Å². The Hall–Kier alpha value is -1.18. The summed E-state index contributed by atoms with van der Waals surface area (Å²) in [6.45, 7) is 2.15. The van der Waals surface area contributed by atoms with Crippen molar-refractivity contribution in [1.29, 1.82) is 0 Å². The Labute approximate surface area is 118 Å². The highest BCUT2D eigenvalue weighted by molar-refractivity contribution is 6.42. The molecule has 0 aromatic heterocycles. The number of hydrogen-bond donors (Lipinski definition) is 1. The van der Waals surface area contributed by atoms with E-state index in [0.717, 1.165) is 12.1 Å². The molecule has 0 amide bonds. The minimum absolute atomic E-state index is 0.281. The van der Waals surface area contributed by atoms with Gasteiger partial charge < -0.3 is 5.32 Å². The van der Waals surface area contributed by atoms with Gasteiger partial charge in [0.2, 0.25) is 0 Å². The molecule has 2 aromatic carbocycles. The summed E-state index contributed by atoms with van der Waals surface area (Å²) in [7, 11) is 0. The quantitative estimate of drug-likeness (QED) is 0.773. The van der Waals surface area contributed by atoms with E-state index in [0.29, 0.717) is 10.0 Å². The molecule has 0 bridgehead atoms. The maximum atomic E-state index is 6.01. The van der Waals surface area contributed by atoms with Crippen LogP contribution in [-0.4, -0.2) is 0 Å². The van der Waals surface area contributed by atoms with Crippen LogP contribution in [0.5, 0.6) is 0 Å². The summed E-state index contributed by atoms with van der Waals surface area (Å²) in [5.41, 5.74) is 2.26. The zero-order chi connectivity index (χ0) is 13.0. The molecule has 0 fully saturated rings. The summed E-state index contributed by atoms with van der Waals surface area (Å²) in [5.74, 6) is 0. The molecule has 0 heterocycles. The highest BCUT2D eigenvalue weighted by Gasteiger charge is 2.09. The topological polar surface area (TPSA) is 12.0 Å². The molecule has 0 saturated heterocycles. The van der Waals surface area contributed by atoms with E-state index in [1.165, 1.54) is 5.56 Å². The van der Waals surface area contributed by atoms with Gasteiger partial charge in [-0.1, -0.05) is 60.5 Å². The molecule has 0 spiro atoms. The first-order chi connectivity index (χ1) is 8.70. The lowest BCUT2D eigenvalue weighted by Gasteiger charge is -2.19. The van der Waals surface area contributed by atoms with E-state index in [2.05, 4.69) is 36.5 Å². The van der Waals surface area contributed by atoms with Crippen molar-refractivity contribution in [2.24, 2.45) is 0 Å². The van der Waals surface area contributed by atoms with Crippen LogP contribution < -0.4 is 5.32 Å². The van der Waals surface area contributed by atoms with Crippen molar-refractivity contribution in [2.45, 2.75) is 19.4 Å². The molecular formula is C15H15Cl2N. The van der Waals surface area contributed by atoms with Gasteiger partial charge in [0.25, 0.3) is 0 Å². The Morgan fingerprint density at radius 3 is 2.33 bits per heavy atom. The molecule has 2 rings (SSSR count). The van der Waals surface area contributed by atoms with Gasteiger partial charge in [-0.05, 0) is 30.2 Å². The van der Waals surface area contributed by atoms with E-state index in [4.69, 9.17) is 23.2 Å². The van der Waals surface area contributed by atoms with Gasteiger partial charge in [-0.25, -0.2) is 0 Å². The molecule has 0 saturated carbocycles. The lowest BCUT2D eigenvalue weighted by molar-refractivity contribution is 0.749. The van der Waals surface area contributed by atoms with Crippen molar-refractivity contribution in [3.05, 3.63) is 64.1 Å². The summed E-state index contributed by atoms with van der Waals surface area (Å²) < 4.78 is 0. The van der Waals surface area contributed by atoms with Crippen molar-refractivity contribution < 1.29 is 0 Å². The van der Waals surface area contributed by atoms with Crippen molar-refractivity contribution in [1.82, 2.24) is 0 Å². The third-order valence-electron chi connectivity index (χ3n) is 2.87. The fourth-order valence-corrected chi connectivity index (χ4v) is 2.19. The average Bonchev–Trinajstić information content (AvgIpc) is 2.41. The highest BCUT2D eigenvalue weighted by Crippen LogP contribution is 2.28. The molecule has 94 valence electrons. The highest BCUT2D eigenvalue weighted by atomic mass is 35.5. The van der Waals surface area contributed by atoms with Gasteiger partial charge in [0, 0.05) is 5.69 Å². The van der Waals surface area contributed by atoms with E-state index in [1.54, 1.807) is 0 Å². The number of rotatable bonds is 4. The standard InChI is InChI=1S/C15H15Cl2N/c1-2-15(11-6-4-3-5-7-11)18-12-8-9-13(16)14(17)10-12/h3-10,15,18H,2H2,1H3. The Bertz CT molecular complexity index is 511. The average molecular weight is 280 g/mol. The van der Waals surface area contributed by atoms with Crippen LogP contribution in [0.25, 0.3) is 0 Å². The van der Waals surface area contributed by atoms with E-state index in [9.17, 15) is 0 Å². The van der Waals surface area contributed by atoms with E-state index in [-0.39, 0.29) is 6.04 Å². The van der Waals surface area contributed by atoms with Crippen LogP contribution in [0.15, 0.2) is 48.5 Å². The zero-order valence-electron chi connectivity index (χ0n) is 10.2. The molecule has 0 radical (unpaired) electrons. The second kappa shape index (κ2) is 6.12. The monoisotopic (exact) mass is 279 g/mol. The van der Waals surface area contributed by atoms with E-state index < -0.39 is 0 Å². The third kappa shape index (κ3) is 3.18. The molecule has 2 aromatic rings. The molecule has 18 heavy (non-hydrogen) atoms. The van der Waals surface area contributed by atoms with Crippen molar-refractivity contribution in [3.63, 3.8) is 0 Å². The van der Waals surface area contributed by atoms with Crippen molar-refractivity contribution in [3.8, 4) is 0 Å². The second-order valence-electron chi connectivity index (χ2n) is 4.14. The van der Waals surface area contributed by atoms with E-state index in [1.807, 2.05) is 24.3 Å². The Balaban J connectivity index is 2.18. The Kier molecular flexibility index (Phi) is 4.51. The van der Waals surface area contributed by atoms with Gasteiger partial charge in [-0.2, -0.15) is 0 Å². The number of halogens is 2. The van der Waals surface area contributed by atoms with Crippen LogP contribution in [0.1, 0.15) is 24.9 Å². The predicted octanol–water partition coefficient (Wildman–Crippen LogP) is 5.56. The smallest absolute Gasteiger partial charge is 0.0612 e. The normalized spacial score (nSPS) is 12.2. The van der Waals surface area contributed by atoms with Crippen LogP contribution in [0.3, 0.4) is 0 Å². The van der Waals surface area contributed by atoms with Gasteiger partial charge in [0.05, 0.1) is 16.1 Å². The van der Waals surface area contributed by atoms with Crippen LogP contribution >= 0.6 is 23.2 Å². The lowest BCUT2D eigenvalue weighted by Crippen LogP contribution is -2.09. The van der Waals surface area contributed by atoms with Crippen LogP contribution in [0.4, 0.5) is 5.69 Å². The maximum absolute atomic E-state index is 6.01. The number of anilines is 1. The Morgan fingerprint density at radius 2 is 1.72 bits per heavy atom. The van der Waals surface area contributed by atoms with Crippen molar-refractivity contribution >= 4 is 28.9 Å². The fourth-order valence-electron chi connectivity index (χ4n) is 1.89. The molecule has 0 aliphatic carbocycles. The Morgan fingerprint density at radius 1 is 1.00 bits per heavy atom. The van der Waals surface area contributed by atoms with Crippen molar-refractivity contribution in [2.75, 3.05) is 5.32 Å². The number of hydrogen-bond acceptors (Lipinski definition) is 1. The first kappa shape index (κ1) is 13.3. The molecule has 1 atom stereocenters. The fraction of sp³-hybridized carbons (Fsp3) is 0.200. The first-order valence-corrected chi connectivity index (χ1v) is 6.73. The SMILES string of the molecule is CCC(Nc1ccc(Cl)c(Cl)c1)c1ccccc1. The number of nitrogens with one attached hydrogen (secondary N) is 1. The van der Waals surface area contributed by atoms with Gasteiger partial charge in [-0.3, -0.25) is 0 Å². The molecule has 0 aliphatic rings. The third-order valence-corrected chi connectivity index (χ3v) is 3.61. The molecule has 1 N–H and O–H groups in total. The van der Waals surface area contributed by atoms with Crippen LogP contribution in [0, 0.1) is 0 Å². The molecule has 0 aliphatic heterocycles. The largest absolute Gasteiger partial charge is 0.378 e. The minimum atomic E-state index is 0.281. The molecule has 1 unspecified atom stereocenters. The van der Waals surface area contributed by atoms with Gasteiger partial charge >= 0.3 is 0 Å². The van der Waals surface area contributed by atoms with Gasteiger partial charge in [-0.15, -0.1) is 0 Å². The van der Waals surface area contributed by atoms with Gasteiger partial charge in [0.15, 0.2) is 0 Å². The second-order valence-corrected chi connectivity index (χ2v) is 4.96. The predicted molar refractivity (Wildman–Crippen MR) is 79.6 cm³/mol. The lowest BCUT2D eigenvalue weighted by atomic mass is 10.0. The summed E-state index contributed by atoms with van der Waals surface area (Å²) in [6.07, 6.45) is 1.00. The first-order valence-electron chi connectivity index (χ1n) is 5.97. The molecular weight excluding hydrogens is 265 g/mol.